The fraction of sp³-hybridized carbons (Fsp3) is 0.474. The zero-order valence-corrected chi connectivity index (χ0v) is 15.3. The molecule has 4 heterocycles. The number of nitriles is 1. The minimum absolute atomic E-state index is 0.0131. The van der Waals surface area contributed by atoms with E-state index in [0.717, 1.165) is 42.9 Å². The van der Waals surface area contributed by atoms with Crippen LogP contribution in [0.15, 0.2) is 18.5 Å². The van der Waals surface area contributed by atoms with Gasteiger partial charge in [0.1, 0.15) is 11.9 Å². The van der Waals surface area contributed by atoms with Crippen molar-refractivity contribution in [3.63, 3.8) is 0 Å². The molecule has 0 aromatic carbocycles. The molecule has 4 rings (SSSR count). The lowest BCUT2D eigenvalue weighted by Crippen LogP contribution is -2.48. The Bertz CT molecular complexity index is 900. The summed E-state index contributed by atoms with van der Waals surface area (Å²) in [7, 11) is 1.79. The molecule has 2 aromatic heterocycles. The number of aromatic nitrogens is 3. The van der Waals surface area contributed by atoms with E-state index in [1.54, 1.807) is 24.1 Å². The molecule has 0 radical (unpaired) electrons. The van der Waals surface area contributed by atoms with Crippen molar-refractivity contribution in [1.29, 1.82) is 5.26 Å². The second-order valence-corrected chi connectivity index (χ2v) is 7.04. The highest BCUT2D eigenvalue weighted by molar-refractivity contribution is 5.93. The molecule has 0 aliphatic carbocycles. The number of hydrogen-bond acceptors (Lipinski definition) is 6. The van der Waals surface area contributed by atoms with E-state index in [9.17, 15) is 10.1 Å². The first-order valence-electron chi connectivity index (χ1n) is 9.19. The monoisotopic (exact) mass is 366 g/mol. The standard InChI is InChI=1S/C19H22N6O2/c1-24-10-15(9-21-24)19(26)22-16-3-2-5-25(11-16)18-13(8-20)7-14-12-27-6-4-17(14)23-18/h7,9-10,16H,2-6,11-12H2,1H3,(H,22,26). The van der Waals surface area contributed by atoms with Gasteiger partial charge in [0, 0.05) is 44.4 Å². The third-order valence-corrected chi connectivity index (χ3v) is 5.06. The second-order valence-electron chi connectivity index (χ2n) is 7.04. The van der Waals surface area contributed by atoms with Gasteiger partial charge < -0.3 is 15.0 Å². The molecule has 1 fully saturated rings. The minimum Gasteiger partial charge on any atom is -0.376 e. The lowest BCUT2D eigenvalue weighted by molar-refractivity contribution is 0.0933. The molecular weight excluding hydrogens is 344 g/mol. The Morgan fingerprint density at radius 2 is 2.37 bits per heavy atom. The van der Waals surface area contributed by atoms with Gasteiger partial charge in [-0.3, -0.25) is 9.48 Å². The molecule has 1 saturated heterocycles. The maximum absolute atomic E-state index is 12.4. The van der Waals surface area contributed by atoms with E-state index in [-0.39, 0.29) is 11.9 Å². The van der Waals surface area contributed by atoms with Crippen LogP contribution in [0.25, 0.3) is 0 Å². The quantitative estimate of drug-likeness (QED) is 0.876. The van der Waals surface area contributed by atoms with Gasteiger partial charge in [0.15, 0.2) is 0 Å². The molecule has 8 heteroatoms. The Morgan fingerprint density at radius 1 is 1.48 bits per heavy atom. The molecule has 8 nitrogen and oxygen atoms in total. The maximum atomic E-state index is 12.4. The van der Waals surface area contributed by atoms with Crippen molar-refractivity contribution in [3.05, 3.63) is 40.8 Å². The number of aryl methyl sites for hydroxylation is 1. The summed E-state index contributed by atoms with van der Waals surface area (Å²) in [6, 6.07) is 4.18. The minimum atomic E-state index is -0.119. The summed E-state index contributed by atoms with van der Waals surface area (Å²) in [5.74, 6) is 0.601. The van der Waals surface area contributed by atoms with Crippen LogP contribution < -0.4 is 10.2 Å². The van der Waals surface area contributed by atoms with Crippen LogP contribution in [0.5, 0.6) is 0 Å². The molecule has 0 bridgehead atoms. The largest absolute Gasteiger partial charge is 0.376 e. The summed E-state index contributed by atoms with van der Waals surface area (Å²) < 4.78 is 7.08. The van der Waals surface area contributed by atoms with Crippen molar-refractivity contribution >= 4 is 11.7 Å². The summed E-state index contributed by atoms with van der Waals surface area (Å²) >= 11 is 0. The average molecular weight is 366 g/mol. The number of carbonyl (C=O) groups is 1. The summed E-state index contributed by atoms with van der Waals surface area (Å²) in [6.07, 6.45) is 5.88. The van der Waals surface area contributed by atoms with Gasteiger partial charge in [0.2, 0.25) is 0 Å². The number of ether oxygens (including phenoxy) is 1. The van der Waals surface area contributed by atoms with Crippen LogP contribution in [0.2, 0.25) is 0 Å². The second kappa shape index (κ2) is 7.37. The first-order chi connectivity index (χ1) is 13.1. The van der Waals surface area contributed by atoms with Gasteiger partial charge in [-0.25, -0.2) is 4.98 Å². The zero-order valence-electron chi connectivity index (χ0n) is 15.3. The third kappa shape index (κ3) is 3.64. The smallest absolute Gasteiger partial charge is 0.254 e. The molecule has 0 saturated carbocycles. The maximum Gasteiger partial charge on any atom is 0.254 e. The predicted molar refractivity (Wildman–Crippen MR) is 98.2 cm³/mol. The Hall–Kier alpha value is -2.92. The van der Waals surface area contributed by atoms with Crippen LogP contribution >= 0.6 is 0 Å². The van der Waals surface area contributed by atoms with Crippen LogP contribution in [-0.4, -0.2) is 46.4 Å². The molecule has 2 aliphatic heterocycles. The SMILES string of the molecule is Cn1cc(C(=O)NC2CCCN(c3nc4c(cc3C#N)COCC4)C2)cn1. The molecule has 27 heavy (non-hydrogen) atoms. The number of hydrogen-bond donors (Lipinski definition) is 1. The number of anilines is 1. The van der Waals surface area contributed by atoms with E-state index in [1.807, 2.05) is 6.07 Å². The highest BCUT2D eigenvalue weighted by Crippen LogP contribution is 2.26. The third-order valence-electron chi connectivity index (χ3n) is 5.06. The van der Waals surface area contributed by atoms with E-state index >= 15 is 0 Å². The lowest BCUT2D eigenvalue weighted by atomic mass is 10.0. The average Bonchev–Trinajstić information content (AvgIpc) is 3.13. The summed E-state index contributed by atoms with van der Waals surface area (Å²) in [5.41, 5.74) is 3.13. The van der Waals surface area contributed by atoms with Crippen LogP contribution in [-0.2, 0) is 24.8 Å². The topological polar surface area (TPSA) is 96.1 Å². The Labute approximate surface area is 157 Å². The number of rotatable bonds is 3. The van der Waals surface area contributed by atoms with Gasteiger partial charge in [0.05, 0.1) is 36.2 Å². The van der Waals surface area contributed by atoms with Gasteiger partial charge in [-0.05, 0) is 18.9 Å². The highest BCUT2D eigenvalue weighted by atomic mass is 16.5. The summed E-state index contributed by atoms with van der Waals surface area (Å²) in [6.45, 7) is 2.65. The van der Waals surface area contributed by atoms with Crippen LogP contribution in [0.4, 0.5) is 5.82 Å². The highest BCUT2D eigenvalue weighted by Gasteiger charge is 2.26. The van der Waals surface area contributed by atoms with Crippen LogP contribution in [0, 0.1) is 11.3 Å². The van der Waals surface area contributed by atoms with E-state index in [1.165, 1.54) is 0 Å². The Morgan fingerprint density at radius 3 is 3.15 bits per heavy atom. The molecule has 1 N–H and O–H groups in total. The van der Waals surface area contributed by atoms with Gasteiger partial charge >= 0.3 is 0 Å². The van der Waals surface area contributed by atoms with E-state index < -0.39 is 0 Å². The van der Waals surface area contributed by atoms with Gasteiger partial charge in [-0.1, -0.05) is 0 Å². The first-order valence-corrected chi connectivity index (χ1v) is 9.19. The van der Waals surface area contributed by atoms with Crippen molar-refractivity contribution in [3.8, 4) is 6.07 Å². The summed E-state index contributed by atoms with van der Waals surface area (Å²) in [5, 5.41) is 16.7. The Balaban J connectivity index is 1.51. The van der Waals surface area contributed by atoms with Crippen LogP contribution in [0.1, 0.15) is 40.0 Å². The summed E-state index contributed by atoms with van der Waals surface area (Å²) in [4.78, 5) is 19.3. The van der Waals surface area contributed by atoms with Crippen molar-refractivity contribution in [2.24, 2.45) is 7.05 Å². The van der Waals surface area contributed by atoms with Gasteiger partial charge in [-0.15, -0.1) is 0 Å². The number of carbonyl (C=O) groups excluding carboxylic acids is 1. The molecule has 1 unspecified atom stereocenters. The first kappa shape index (κ1) is 17.5. The molecule has 2 aliphatic rings. The van der Waals surface area contributed by atoms with Crippen molar-refractivity contribution in [1.82, 2.24) is 20.1 Å². The number of pyridine rings is 1. The van der Waals surface area contributed by atoms with E-state index in [0.29, 0.717) is 30.9 Å². The number of fused-ring (bicyclic) bond motifs is 1. The predicted octanol–water partition coefficient (Wildman–Crippen LogP) is 1.16. The molecule has 1 atom stereocenters. The van der Waals surface area contributed by atoms with Crippen LogP contribution in [0.3, 0.4) is 0 Å². The molecule has 140 valence electrons. The molecule has 1 amide bonds. The fourth-order valence-electron chi connectivity index (χ4n) is 3.69. The molecule has 2 aromatic rings. The number of nitrogens with one attached hydrogen (secondary N) is 1. The van der Waals surface area contributed by atoms with Gasteiger partial charge in [0.25, 0.3) is 5.91 Å². The van der Waals surface area contributed by atoms with Crippen molar-refractivity contribution in [2.45, 2.75) is 31.9 Å². The zero-order chi connectivity index (χ0) is 18.8. The van der Waals surface area contributed by atoms with E-state index in [4.69, 9.17) is 9.72 Å². The van der Waals surface area contributed by atoms with Gasteiger partial charge in [-0.2, -0.15) is 10.4 Å². The van der Waals surface area contributed by atoms with Crippen molar-refractivity contribution < 1.29 is 9.53 Å². The lowest BCUT2D eigenvalue weighted by Gasteiger charge is -2.35. The van der Waals surface area contributed by atoms with Crippen molar-refractivity contribution in [2.75, 3.05) is 24.6 Å². The molecule has 0 spiro atoms. The van der Waals surface area contributed by atoms with E-state index in [2.05, 4.69) is 21.4 Å². The number of piperidine rings is 1. The fourth-order valence-corrected chi connectivity index (χ4v) is 3.69. The number of amides is 1. The number of nitrogens with zero attached hydrogens (tertiary/aromatic N) is 5. The normalized spacial score (nSPS) is 19.3. The molecular formula is C19H22N6O2. The Kier molecular flexibility index (Phi) is 4.77.